The van der Waals surface area contributed by atoms with Crippen molar-refractivity contribution in [3.05, 3.63) is 24.3 Å². The van der Waals surface area contributed by atoms with Gasteiger partial charge in [0, 0.05) is 6.42 Å². The molecule has 0 aliphatic carbocycles. The Bertz CT molecular complexity index is 357. The molecule has 0 amide bonds. The molecule has 0 rings (SSSR count). The Hall–Kier alpha value is -1.05. The predicted molar refractivity (Wildman–Crippen MR) is 119 cm³/mol. The van der Waals surface area contributed by atoms with E-state index in [1.165, 1.54) is 89.9 Å². The summed E-state index contributed by atoms with van der Waals surface area (Å²) < 4.78 is 0. The second-order valence-electron chi connectivity index (χ2n) is 7.84. The maximum absolute atomic E-state index is 10.4. The van der Waals surface area contributed by atoms with Crippen molar-refractivity contribution in [1.82, 2.24) is 0 Å². The summed E-state index contributed by atoms with van der Waals surface area (Å²) in [6, 6.07) is 0. The van der Waals surface area contributed by atoms with Crippen LogP contribution in [0.15, 0.2) is 24.3 Å². The third-order valence-corrected chi connectivity index (χ3v) is 5.07. The molecule has 158 valence electrons. The highest BCUT2D eigenvalue weighted by molar-refractivity contribution is 5.66. The Balaban J connectivity index is 3.14. The minimum absolute atomic E-state index is 0.281. The summed E-state index contributed by atoms with van der Waals surface area (Å²) in [5.74, 6) is -0.695. The first-order valence-electron chi connectivity index (χ1n) is 11.8. The van der Waals surface area contributed by atoms with Gasteiger partial charge in [-0.05, 0) is 38.5 Å². The maximum Gasteiger partial charge on any atom is 0.303 e. The van der Waals surface area contributed by atoms with E-state index in [0.717, 1.165) is 25.7 Å². The monoisotopic (exact) mass is 378 g/mol. The average molecular weight is 379 g/mol. The number of rotatable bonds is 21. The molecule has 0 unspecified atom stereocenters. The molecule has 0 bridgehead atoms. The highest BCUT2D eigenvalue weighted by atomic mass is 16.4. The number of hydrogen-bond donors (Lipinski definition) is 1. The van der Waals surface area contributed by atoms with Gasteiger partial charge in [0.2, 0.25) is 0 Å². The Morgan fingerprint density at radius 2 is 0.926 bits per heavy atom. The van der Waals surface area contributed by atoms with E-state index >= 15 is 0 Å². The second kappa shape index (κ2) is 23.0. The Morgan fingerprint density at radius 3 is 1.37 bits per heavy atom. The number of aliphatic carboxylic acids is 1. The van der Waals surface area contributed by atoms with Gasteiger partial charge < -0.3 is 5.11 Å². The van der Waals surface area contributed by atoms with E-state index < -0.39 is 5.97 Å². The predicted octanol–water partition coefficient (Wildman–Crippen LogP) is 8.62. The van der Waals surface area contributed by atoms with Gasteiger partial charge in [0.15, 0.2) is 0 Å². The fourth-order valence-corrected chi connectivity index (χ4v) is 3.31. The number of carboxylic acid groups (broad SMARTS) is 1. The molecule has 0 saturated heterocycles. The lowest BCUT2D eigenvalue weighted by molar-refractivity contribution is -0.137. The van der Waals surface area contributed by atoms with E-state index in [0.29, 0.717) is 0 Å². The molecule has 1 N–H and O–H groups in total. The highest BCUT2D eigenvalue weighted by Crippen LogP contribution is 2.13. The van der Waals surface area contributed by atoms with Crippen LogP contribution in [0.5, 0.6) is 0 Å². The first-order valence-corrected chi connectivity index (χ1v) is 11.8. The normalized spacial score (nSPS) is 11.7. The second-order valence-corrected chi connectivity index (χ2v) is 7.84. The Kier molecular flexibility index (Phi) is 22.1. The molecule has 27 heavy (non-hydrogen) atoms. The number of unbranched alkanes of at least 4 members (excludes halogenated alkanes) is 15. The van der Waals surface area contributed by atoms with E-state index in [-0.39, 0.29) is 6.42 Å². The van der Waals surface area contributed by atoms with Gasteiger partial charge in [0.25, 0.3) is 0 Å². The molecule has 0 atom stereocenters. The quantitative estimate of drug-likeness (QED) is 0.160. The van der Waals surface area contributed by atoms with Gasteiger partial charge in [-0.2, -0.15) is 0 Å². The standard InChI is InChI=1S/C25H46O2/c1-2-3-4-5-6-7-8-9-10-11-12-13-14-15-16-17-18-19-20-21-22-23-24-25(26)27/h16-17,20-21H,2-15,18-19,22-24H2,1H3,(H,26,27)/b17-16+,21-20+. The van der Waals surface area contributed by atoms with Gasteiger partial charge in [0.05, 0.1) is 0 Å². The first-order chi connectivity index (χ1) is 13.3. The third kappa shape index (κ3) is 24.9. The van der Waals surface area contributed by atoms with Crippen molar-refractivity contribution in [2.45, 2.75) is 129 Å². The summed E-state index contributed by atoms with van der Waals surface area (Å²) in [7, 11) is 0. The molecule has 0 aliphatic heterocycles. The summed E-state index contributed by atoms with van der Waals surface area (Å²) in [5, 5.41) is 8.55. The molecule has 0 aliphatic rings. The van der Waals surface area contributed by atoms with Crippen molar-refractivity contribution < 1.29 is 9.90 Å². The number of carboxylic acids is 1. The van der Waals surface area contributed by atoms with Crippen LogP contribution in [0.4, 0.5) is 0 Å². The Morgan fingerprint density at radius 1 is 0.556 bits per heavy atom. The number of carbonyl (C=O) groups is 1. The van der Waals surface area contributed by atoms with Gasteiger partial charge in [-0.3, -0.25) is 4.79 Å². The summed E-state index contributed by atoms with van der Waals surface area (Å²) in [6.45, 7) is 2.28. The molecule has 2 nitrogen and oxygen atoms in total. The van der Waals surface area contributed by atoms with Gasteiger partial charge in [-0.1, -0.05) is 108 Å². The highest BCUT2D eigenvalue weighted by Gasteiger charge is 1.94. The van der Waals surface area contributed by atoms with E-state index in [1.807, 2.05) is 0 Å². The van der Waals surface area contributed by atoms with Crippen molar-refractivity contribution >= 4 is 5.97 Å². The smallest absolute Gasteiger partial charge is 0.303 e. The third-order valence-electron chi connectivity index (χ3n) is 5.07. The van der Waals surface area contributed by atoms with E-state index in [1.54, 1.807) is 0 Å². The fraction of sp³-hybridized carbons (Fsp3) is 0.800. The van der Waals surface area contributed by atoms with Gasteiger partial charge >= 0.3 is 5.97 Å². The molecule has 0 heterocycles. The summed E-state index contributed by atoms with van der Waals surface area (Å²) >= 11 is 0. The summed E-state index contributed by atoms with van der Waals surface area (Å²) in [4.78, 5) is 10.4. The van der Waals surface area contributed by atoms with Crippen LogP contribution in [0, 0.1) is 0 Å². The van der Waals surface area contributed by atoms with Crippen LogP contribution < -0.4 is 0 Å². The van der Waals surface area contributed by atoms with Gasteiger partial charge in [-0.15, -0.1) is 0 Å². The molecular formula is C25H46O2. The molecule has 0 aromatic heterocycles. The van der Waals surface area contributed by atoms with E-state index in [9.17, 15) is 4.79 Å². The summed E-state index contributed by atoms with van der Waals surface area (Å²) in [5.41, 5.74) is 0. The molecule has 0 aromatic rings. The lowest BCUT2D eigenvalue weighted by Gasteiger charge is -2.02. The van der Waals surface area contributed by atoms with Crippen LogP contribution in [0.25, 0.3) is 0 Å². The van der Waals surface area contributed by atoms with Crippen LogP contribution in [0.1, 0.15) is 129 Å². The van der Waals surface area contributed by atoms with Crippen molar-refractivity contribution in [2.75, 3.05) is 0 Å². The molecule has 0 radical (unpaired) electrons. The molecule has 0 saturated carbocycles. The molecule has 2 heteroatoms. The zero-order valence-electron chi connectivity index (χ0n) is 18.1. The minimum Gasteiger partial charge on any atom is -0.481 e. The average Bonchev–Trinajstić information content (AvgIpc) is 2.65. The SMILES string of the molecule is CCCCCCCCCCCCCCC/C=C/CC/C=C/CCCC(=O)O. The molecule has 0 spiro atoms. The lowest BCUT2D eigenvalue weighted by Crippen LogP contribution is -1.92. The van der Waals surface area contributed by atoms with E-state index in [2.05, 4.69) is 31.2 Å². The zero-order valence-corrected chi connectivity index (χ0v) is 18.1. The molecule has 0 aromatic carbocycles. The number of allylic oxidation sites excluding steroid dienone is 4. The van der Waals surface area contributed by atoms with Crippen molar-refractivity contribution in [3.63, 3.8) is 0 Å². The first kappa shape index (κ1) is 26.0. The molecule has 0 fully saturated rings. The van der Waals surface area contributed by atoms with E-state index in [4.69, 9.17) is 5.11 Å². The van der Waals surface area contributed by atoms with Gasteiger partial charge in [0.1, 0.15) is 0 Å². The molecular weight excluding hydrogens is 332 g/mol. The van der Waals surface area contributed by atoms with Crippen molar-refractivity contribution in [1.29, 1.82) is 0 Å². The van der Waals surface area contributed by atoms with Crippen molar-refractivity contribution in [2.24, 2.45) is 0 Å². The summed E-state index contributed by atoms with van der Waals surface area (Å²) in [6.07, 6.45) is 32.7. The van der Waals surface area contributed by atoms with Crippen LogP contribution in [0.2, 0.25) is 0 Å². The van der Waals surface area contributed by atoms with Gasteiger partial charge in [-0.25, -0.2) is 0 Å². The van der Waals surface area contributed by atoms with Crippen LogP contribution in [-0.4, -0.2) is 11.1 Å². The number of hydrogen-bond acceptors (Lipinski definition) is 1. The lowest BCUT2D eigenvalue weighted by atomic mass is 10.0. The van der Waals surface area contributed by atoms with Crippen LogP contribution in [0.3, 0.4) is 0 Å². The van der Waals surface area contributed by atoms with Crippen LogP contribution >= 0.6 is 0 Å². The van der Waals surface area contributed by atoms with Crippen LogP contribution in [-0.2, 0) is 4.79 Å². The van der Waals surface area contributed by atoms with Crippen molar-refractivity contribution in [3.8, 4) is 0 Å². The Labute approximate surface area is 169 Å². The zero-order chi connectivity index (χ0) is 19.8. The largest absolute Gasteiger partial charge is 0.481 e. The minimum atomic E-state index is -0.695. The topological polar surface area (TPSA) is 37.3 Å². The maximum atomic E-state index is 10.4. The fourth-order valence-electron chi connectivity index (χ4n) is 3.31.